The first-order valence-corrected chi connectivity index (χ1v) is 7.67. The number of Topliss-reactive ketones (excluding diaryl/α,β-unsaturated/α-hetero) is 1. The Kier molecular flexibility index (Phi) is 4.67. The number of para-hydroxylation sites is 1. The molecule has 6 nitrogen and oxygen atoms in total. The van der Waals surface area contributed by atoms with Crippen LogP contribution in [0.1, 0.15) is 17.3 Å². The summed E-state index contributed by atoms with van der Waals surface area (Å²) < 4.78 is 0. The molecule has 3 N–H and O–H groups in total. The summed E-state index contributed by atoms with van der Waals surface area (Å²) in [6, 6.07) is 14.8. The number of carbonyl (C=O) groups is 1. The highest BCUT2D eigenvalue weighted by Crippen LogP contribution is 2.23. The first-order chi connectivity index (χ1) is 11.7. The molecule has 2 aromatic carbocycles. The van der Waals surface area contributed by atoms with Gasteiger partial charge in [0.25, 0.3) is 0 Å². The molecular weight excluding hydrogens is 304 g/mol. The van der Waals surface area contributed by atoms with Gasteiger partial charge in [0.15, 0.2) is 5.78 Å². The molecule has 1 heterocycles. The van der Waals surface area contributed by atoms with Crippen molar-refractivity contribution in [2.45, 2.75) is 6.92 Å². The molecule has 0 unspecified atom stereocenters. The maximum Gasteiger partial charge on any atom is 0.229 e. The van der Waals surface area contributed by atoms with E-state index in [1.807, 2.05) is 36.4 Å². The second-order valence-corrected chi connectivity index (χ2v) is 5.32. The van der Waals surface area contributed by atoms with Crippen molar-refractivity contribution in [1.82, 2.24) is 9.97 Å². The van der Waals surface area contributed by atoms with Crippen LogP contribution in [0.4, 0.5) is 17.5 Å². The average Bonchev–Trinajstić information content (AvgIpc) is 2.60. The summed E-state index contributed by atoms with van der Waals surface area (Å²) in [7, 11) is 0. The van der Waals surface area contributed by atoms with Crippen LogP contribution in [0.25, 0.3) is 10.9 Å². The second kappa shape index (κ2) is 7.06. The van der Waals surface area contributed by atoms with Crippen molar-refractivity contribution in [3.63, 3.8) is 0 Å². The number of anilines is 3. The number of aliphatic hydroxyl groups excluding tert-OH is 1. The largest absolute Gasteiger partial charge is 0.395 e. The standard InChI is InChI=1S/C18H18N4O2/c1-12(24)13-6-8-14(9-7-13)20-18-21-16-5-3-2-4-15(16)17(22-18)19-10-11-23/h2-9,23H,10-11H2,1H3,(H2,19,20,21,22). The van der Waals surface area contributed by atoms with Crippen molar-refractivity contribution in [3.05, 3.63) is 54.1 Å². The predicted octanol–water partition coefficient (Wildman–Crippen LogP) is 2.98. The summed E-state index contributed by atoms with van der Waals surface area (Å²) in [6.07, 6.45) is 0. The first-order valence-electron chi connectivity index (χ1n) is 7.67. The number of fused-ring (bicyclic) bond motifs is 1. The molecule has 0 aliphatic rings. The van der Waals surface area contributed by atoms with Gasteiger partial charge in [-0.2, -0.15) is 4.98 Å². The highest BCUT2D eigenvalue weighted by atomic mass is 16.3. The van der Waals surface area contributed by atoms with E-state index in [9.17, 15) is 4.79 Å². The molecule has 0 atom stereocenters. The van der Waals surface area contributed by atoms with Crippen LogP contribution in [0.5, 0.6) is 0 Å². The van der Waals surface area contributed by atoms with Gasteiger partial charge in [-0.05, 0) is 43.3 Å². The number of carbonyl (C=O) groups excluding carboxylic acids is 1. The van der Waals surface area contributed by atoms with E-state index in [-0.39, 0.29) is 12.4 Å². The molecule has 1 aromatic heterocycles. The Morgan fingerprint density at radius 2 is 1.83 bits per heavy atom. The van der Waals surface area contributed by atoms with Crippen molar-refractivity contribution < 1.29 is 9.90 Å². The molecule has 0 saturated carbocycles. The van der Waals surface area contributed by atoms with E-state index >= 15 is 0 Å². The molecule has 6 heteroatoms. The Morgan fingerprint density at radius 3 is 2.54 bits per heavy atom. The van der Waals surface area contributed by atoms with Crippen LogP contribution in [0.3, 0.4) is 0 Å². The van der Waals surface area contributed by atoms with Gasteiger partial charge in [-0.25, -0.2) is 4.98 Å². The number of aromatic nitrogens is 2. The van der Waals surface area contributed by atoms with E-state index in [1.54, 1.807) is 12.1 Å². The number of benzene rings is 2. The fourth-order valence-electron chi connectivity index (χ4n) is 2.36. The molecule has 0 aliphatic heterocycles. The predicted molar refractivity (Wildman–Crippen MR) is 94.8 cm³/mol. The van der Waals surface area contributed by atoms with Gasteiger partial charge in [0.05, 0.1) is 12.1 Å². The Labute approximate surface area is 139 Å². The van der Waals surface area contributed by atoms with Crippen LogP contribution >= 0.6 is 0 Å². The van der Waals surface area contributed by atoms with Gasteiger partial charge < -0.3 is 15.7 Å². The van der Waals surface area contributed by atoms with Gasteiger partial charge in [-0.1, -0.05) is 12.1 Å². The molecule has 122 valence electrons. The Balaban J connectivity index is 1.92. The van der Waals surface area contributed by atoms with E-state index in [1.165, 1.54) is 6.92 Å². The number of hydrogen-bond acceptors (Lipinski definition) is 6. The zero-order valence-corrected chi connectivity index (χ0v) is 13.3. The molecule has 3 aromatic rings. The molecule has 0 radical (unpaired) electrons. The molecule has 24 heavy (non-hydrogen) atoms. The topological polar surface area (TPSA) is 87.1 Å². The highest BCUT2D eigenvalue weighted by molar-refractivity contribution is 5.94. The van der Waals surface area contributed by atoms with E-state index < -0.39 is 0 Å². The fraction of sp³-hybridized carbons (Fsp3) is 0.167. The first kappa shape index (κ1) is 15.9. The minimum Gasteiger partial charge on any atom is -0.395 e. The smallest absolute Gasteiger partial charge is 0.229 e. The zero-order valence-electron chi connectivity index (χ0n) is 13.3. The Hall–Kier alpha value is -2.99. The van der Waals surface area contributed by atoms with Crippen LogP contribution in [0.2, 0.25) is 0 Å². The lowest BCUT2D eigenvalue weighted by molar-refractivity contribution is 0.101. The van der Waals surface area contributed by atoms with E-state index in [0.717, 1.165) is 16.6 Å². The van der Waals surface area contributed by atoms with Gasteiger partial charge in [0.2, 0.25) is 5.95 Å². The molecule has 0 fully saturated rings. The normalized spacial score (nSPS) is 10.6. The Morgan fingerprint density at radius 1 is 1.08 bits per heavy atom. The quantitative estimate of drug-likeness (QED) is 0.605. The maximum absolute atomic E-state index is 11.3. The molecule has 0 saturated heterocycles. The van der Waals surface area contributed by atoms with Gasteiger partial charge in [0, 0.05) is 23.2 Å². The number of rotatable bonds is 6. The third-order valence-electron chi connectivity index (χ3n) is 3.56. The van der Waals surface area contributed by atoms with Gasteiger partial charge in [-0.15, -0.1) is 0 Å². The van der Waals surface area contributed by atoms with Crippen LogP contribution < -0.4 is 10.6 Å². The number of aliphatic hydroxyl groups is 1. The van der Waals surface area contributed by atoms with Crippen molar-refractivity contribution in [1.29, 1.82) is 0 Å². The monoisotopic (exact) mass is 322 g/mol. The highest BCUT2D eigenvalue weighted by Gasteiger charge is 2.08. The lowest BCUT2D eigenvalue weighted by Crippen LogP contribution is -2.09. The molecule has 0 spiro atoms. The minimum atomic E-state index is 0.0214. The van der Waals surface area contributed by atoms with Crippen molar-refractivity contribution in [2.24, 2.45) is 0 Å². The molecule has 0 aliphatic carbocycles. The summed E-state index contributed by atoms with van der Waals surface area (Å²) in [5.74, 6) is 1.14. The number of hydrogen-bond donors (Lipinski definition) is 3. The van der Waals surface area contributed by atoms with E-state index in [4.69, 9.17) is 5.11 Å². The zero-order chi connectivity index (χ0) is 16.9. The summed E-state index contributed by atoms with van der Waals surface area (Å²) in [5.41, 5.74) is 2.25. The third-order valence-corrected chi connectivity index (χ3v) is 3.56. The third kappa shape index (κ3) is 3.49. The van der Waals surface area contributed by atoms with Gasteiger partial charge in [-0.3, -0.25) is 4.79 Å². The lowest BCUT2D eigenvalue weighted by Gasteiger charge is -2.11. The summed E-state index contributed by atoms with van der Waals surface area (Å²) in [4.78, 5) is 20.3. The van der Waals surface area contributed by atoms with Crippen molar-refractivity contribution in [3.8, 4) is 0 Å². The van der Waals surface area contributed by atoms with Crippen LogP contribution in [-0.4, -0.2) is 34.0 Å². The maximum atomic E-state index is 11.3. The summed E-state index contributed by atoms with van der Waals surface area (Å²) in [6.45, 7) is 1.97. The van der Waals surface area contributed by atoms with Gasteiger partial charge >= 0.3 is 0 Å². The molecular formula is C18H18N4O2. The molecule has 3 rings (SSSR count). The lowest BCUT2D eigenvalue weighted by atomic mass is 10.1. The Bertz CT molecular complexity index is 863. The molecule has 0 amide bonds. The van der Waals surface area contributed by atoms with E-state index in [2.05, 4.69) is 20.6 Å². The van der Waals surface area contributed by atoms with Crippen LogP contribution in [-0.2, 0) is 0 Å². The number of nitrogens with zero attached hydrogens (tertiary/aromatic N) is 2. The van der Waals surface area contributed by atoms with Crippen molar-refractivity contribution >= 4 is 34.1 Å². The minimum absolute atomic E-state index is 0.0214. The summed E-state index contributed by atoms with van der Waals surface area (Å²) >= 11 is 0. The second-order valence-electron chi connectivity index (χ2n) is 5.32. The molecule has 0 bridgehead atoms. The van der Waals surface area contributed by atoms with Crippen molar-refractivity contribution in [2.75, 3.05) is 23.8 Å². The van der Waals surface area contributed by atoms with E-state index in [0.29, 0.717) is 23.9 Å². The van der Waals surface area contributed by atoms with Crippen LogP contribution in [0.15, 0.2) is 48.5 Å². The SMILES string of the molecule is CC(=O)c1ccc(Nc2nc(NCCO)c3ccccc3n2)cc1. The average molecular weight is 322 g/mol. The van der Waals surface area contributed by atoms with Crippen LogP contribution in [0, 0.1) is 0 Å². The van der Waals surface area contributed by atoms with Gasteiger partial charge in [0.1, 0.15) is 5.82 Å². The summed E-state index contributed by atoms with van der Waals surface area (Å²) in [5, 5.41) is 16.2. The number of ketones is 1. The fourth-order valence-corrected chi connectivity index (χ4v) is 2.36. The number of nitrogens with one attached hydrogen (secondary N) is 2.